The molecule has 0 spiro atoms. The second-order valence-corrected chi connectivity index (χ2v) is 12.2. The van der Waals surface area contributed by atoms with Crippen molar-refractivity contribution >= 4 is 39.5 Å². The summed E-state index contributed by atoms with van der Waals surface area (Å²) >= 11 is 0. The van der Waals surface area contributed by atoms with Crippen LogP contribution in [0.2, 0.25) is 0 Å². The molecule has 0 bridgehead atoms. The number of benzene rings is 2. The predicted molar refractivity (Wildman–Crippen MR) is 153 cm³/mol. The molecule has 3 atom stereocenters. The van der Waals surface area contributed by atoms with Gasteiger partial charge in [-0.2, -0.15) is 8.42 Å². The number of ketones is 1. The standard InChI is InChI=1S/C30H31N3O10S/c1-17(2)14-22(23(28(36)32-39)16-33-29(37)20-6-3-4-7-21(20)30(33)38)27(35)31-24(26(34)25-8-5-13-43-25)15-18-9-11-19(12-10-18)44(40,41)42/h3-13,17,22-24,39H,14-16H2,1-2H3,(H,31,35)(H,32,36)(H,40,41,42)/t22-,23?,24+/m1/s1. The van der Waals surface area contributed by atoms with E-state index in [0.29, 0.717) is 5.56 Å². The van der Waals surface area contributed by atoms with Gasteiger partial charge in [0.2, 0.25) is 17.6 Å². The predicted octanol–water partition coefficient (Wildman–Crippen LogP) is 2.52. The number of fused-ring (bicyclic) bond motifs is 1. The van der Waals surface area contributed by atoms with Gasteiger partial charge >= 0.3 is 0 Å². The minimum atomic E-state index is -4.46. The zero-order chi connectivity index (χ0) is 32.2. The van der Waals surface area contributed by atoms with Gasteiger partial charge in [-0.05, 0) is 54.3 Å². The average molecular weight is 626 g/mol. The lowest BCUT2D eigenvalue weighted by Crippen LogP contribution is -2.51. The maximum Gasteiger partial charge on any atom is 0.294 e. The number of carbonyl (C=O) groups is 5. The third-order valence-corrected chi connectivity index (χ3v) is 8.18. The SMILES string of the molecule is CC(C)C[C@@H](C(=O)N[C@@H](Cc1ccc(S(=O)(=O)O)cc1)C(=O)c1ccco1)C(CN1C(=O)c2ccccc2C1=O)C(=O)NO. The topological polar surface area (TPSA) is 200 Å². The second-order valence-electron chi connectivity index (χ2n) is 10.8. The number of hydrogen-bond acceptors (Lipinski definition) is 9. The first-order valence-electron chi connectivity index (χ1n) is 13.7. The van der Waals surface area contributed by atoms with Crippen molar-refractivity contribution in [2.24, 2.45) is 17.8 Å². The normalized spacial score (nSPS) is 15.1. The van der Waals surface area contributed by atoms with Crippen LogP contribution in [0.15, 0.2) is 76.2 Å². The summed E-state index contributed by atoms with van der Waals surface area (Å²) in [5.41, 5.74) is 2.26. The molecule has 2 heterocycles. The first-order valence-corrected chi connectivity index (χ1v) is 15.1. The largest absolute Gasteiger partial charge is 0.461 e. The average Bonchev–Trinajstić information content (AvgIpc) is 3.61. The number of carbonyl (C=O) groups excluding carboxylic acids is 5. The van der Waals surface area contributed by atoms with Crippen molar-refractivity contribution in [2.45, 2.75) is 37.6 Å². The van der Waals surface area contributed by atoms with Gasteiger partial charge in [0.1, 0.15) is 0 Å². The summed E-state index contributed by atoms with van der Waals surface area (Å²) in [5, 5.41) is 12.2. The van der Waals surface area contributed by atoms with E-state index in [4.69, 9.17) is 4.42 Å². The van der Waals surface area contributed by atoms with Gasteiger partial charge in [0.05, 0.1) is 40.2 Å². The number of hydrogen-bond donors (Lipinski definition) is 4. The first-order chi connectivity index (χ1) is 20.8. The third-order valence-electron chi connectivity index (χ3n) is 7.31. The minimum absolute atomic E-state index is 0.0686. The molecule has 14 heteroatoms. The van der Waals surface area contributed by atoms with E-state index in [2.05, 4.69) is 5.32 Å². The Morgan fingerprint density at radius 1 is 0.886 bits per heavy atom. The Morgan fingerprint density at radius 2 is 1.50 bits per heavy atom. The van der Waals surface area contributed by atoms with Gasteiger partial charge in [0.15, 0.2) is 5.76 Å². The number of nitrogens with zero attached hydrogens (tertiary/aromatic N) is 1. The van der Waals surface area contributed by atoms with Crippen LogP contribution < -0.4 is 10.8 Å². The molecular formula is C30H31N3O10S. The lowest BCUT2D eigenvalue weighted by Gasteiger charge is -2.30. The molecule has 0 aliphatic carbocycles. The van der Waals surface area contributed by atoms with Crippen LogP contribution >= 0.6 is 0 Å². The highest BCUT2D eigenvalue weighted by Gasteiger charge is 2.43. The van der Waals surface area contributed by atoms with E-state index < -0.39 is 64.0 Å². The Morgan fingerprint density at radius 3 is 2.00 bits per heavy atom. The van der Waals surface area contributed by atoms with E-state index in [9.17, 15) is 42.2 Å². The van der Waals surface area contributed by atoms with E-state index in [1.54, 1.807) is 26.0 Å². The van der Waals surface area contributed by atoms with Crippen LogP contribution in [0, 0.1) is 17.8 Å². The highest BCUT2D eigenvalue weighted by Crippen LogP contribution is 2.28. The molecule has 44 heavy (non-hydrogen) atoms. The third kappa shape index (κ3) is 7.10. The molecule has 13 nitrogen and oxygen atoms in total. The van der Waals surface area contributed by atoms with Crippen molar-refractivity contribution in [3.8, 4) is 0 Å². The van der Waals surface area contributed by atoms with Crippen LogP contribution in [0.1, 0.15) is 57.1 Å². The fourth-order valence-corrected chi connectivity index (χ4v) is 5.63. The maximum atomic E-state index is 13.9. The van der Waals surface area contributed by atoms with Gasteiger partial charge in [-0.25, -0.2) is 5.48 Å². The van der Waals surface area contributed by atoms with Crippen LogP contribution in [0.3, 0.4) is 0 Å². The lowest BCUT2D eigenvalue weighted by atomic mass is 9.83. The summed E-state index contributed by atoms with van der Waals surface area (Å²) in [4.78, 5) is 66.9. The van der Waals surface area contributed by atoms with Crippen LogP contribution in [0.25, 0.3) is 0 Å². The number of nitrogens with one attached hydrogen (secondary N) is 2. The maximum absolute atomic E-state index is 13.9. The Hall–Kier alpha value is -4.66. The molecule has 0 saturated carbocycles. The van der Waals surface area contributed by atoms with E-state index in [1.807, 2.05) is 0 Å². The van der Waals surface area contributed by atoms with Crippen LogP contribution in [0.5, 0.6) is 0 Å². The Balaban J connectivity index is 1.64. The van der Waals surface area contributed by atoms with E-state index >= 15 is 0 Å². The Kier molecular flexibility index (Phi) is 9.77. The van der Waals surface area contributed by atoms with Crippen LogP contribution in [0.4, 0.5) is 0 Å². The van der Waals surface area contributed by atoms with Crippen molar-refractivity contribution in [1.29, 1.82) is 0 Å². The molecule has 4 rings (SSSR count). The van der Waals surface area contributed by atoms with E-state index in [1.165, 1.54) is 48.1 Å². The molecule has 0 radical (unpaired) electrons. The molecular weight excluding hydrogens is 594 g/mol. The molecule has 1 aliphatic rings. The highest BCUT2D eigenvalue weighted by atomic mass is 32.2. The molecule has 4 amide bonds. The number of imide groups is 1. The summed E-state index contributed by atoms with van der Waals surface area (Å²) in [5.74, 6) is -6.52. The first kappa shape index (κ1) is 32.3. The van der Waals surface area contributed by atoms with Crippen molar-refractivity contribution in [3.05, 3.63) is 89.4 Å². The molecule has 3 aromatic rings. The summed E-state index contributed by atoms with van der Waals surface area (Å²) in [6.45, 7) is 3.06. The number of Topliss-reactive ketones (excluding diaryl/α,β-unsaturated/α-hetero) is 1. The van der Waals surface area contributed by atoms with Gasteiger partial charge in [0, 0.05) is 13.0 Å². The van der Waals surface area contributed by atoms with Gasteiger partial charge in [-0.1, -0.05) is 38.1 Å². The van der Waals surface area contributed by atoms with Crippen LogP contribution in [-0.2, 0) is 26.1 Å². The molecule has 1 unspecified atom stereocenters. The highest BCUT2D eigenvalue weighted by molar-refractivity contribution is 7.85. The Bertz CT molecular complexity index is 1630. The van der Waals surface area contributed by atoms with Gasteiger partial charge < -0.3 is 9.73 Å². The molecule has 1 aromatic heterocycles. The monoisotopic (exact) mass is 625 g/mol. The summed E-state index contributed by atoms with van der Waals surface area (Å²) in [6, 6.07) is 12.8. The molecule has 2 aromatic carbocycles. The van der Waals surface area contributed by atoms with Crippen molar-refractivity contribution in [1.82, 2.24) is 15.7 Å². The molecule has 1 aliphatic heterocycles. The zero-order valence-corrected chi connectivity index (χ0v) is 24.6. The molecule has 0 fully saturated rings. The van der Waals surface area contributed by atoms with Crippen LogP contribution in [-0.4, -0.2) is 65.1 Å². The summed E-state index contributed by atoms with van der Waals surface area (Å²) < 4.78 is 37.4. The summed E-state index contributed by atoms with van der Waals surface area (Å²) in [6.07, 6.45) is 1.23. The number of amides is 4. The van der Waals surface area contributed by atoms with E-state index in [-0.39, 0.29) is 40.5 Å². The van der Waals surface area contributed by atoms with Crippen molar-refractivity contribution < 1.29 is 46.6 Å². The minimum Gasteiger partial charge on any atom is -0.461 e. The van der Waals surface area contributed by atoms with Gasteiger partial charge in [0.25, 0.3) is 21.9 Å². The fraction of sp³-hybridized carbons (Fsp3) is 0.300. The van der Waals surface area contributed by atoms with Gasteiger partial charge in [-0.3, -0.25) is 38.6 Å². The van der Waals surface area contributed by atoms with Crippen molar-refractivity contribution in [3.63, 3.8) is 0 Å². The Labute approximate surface area is 252 Å². The smallest absolute Gasteiger partial charge is 0.294 e. The molecule has 4 N–H and O–H groups in total. The molecule has 0 saturated heterocycles. The van der Waals surface area contributed by atoms with Gasteiger partial charge in [-0.15, -0.1) is 0 Å². The quantitative estimate of drug-likeness (QED) is 0.0719. The number of furan rings is 1. The zero-order valence-electron chi connectivity index (χ0n) is 23.8. The van der Waals surface area contributed by atoms with Crippen molar-refractivity contribution in [2.75, 3.05) is 6.54 Å². The van der Waals surface area contributed by atoms with E-state index in [0.717, 1.165) is 17.0 Å². The second kappa shape index (κ2) is 13.3. The summed E-state index contributed by atoms with van der Waals surface area (Å²) in [7, 11) is -4.46. The molecule has 232 valence electrons. The number of hydroxylamine groups is 1. The lowest BCUT2D eigenvalue weighted by molar-refractivity contribution is -0.141. The number of rotatable bonds is 13. The fourth-order valence-electron chi connectivity index (χ4n) is 5.15.